The van der Waals surface area contributed by atoms with E-state index in [-0.39, 0.29) is 11.6 Å². The third kappa shape index (κ3) is 5.97. The maximum Gasteiger partial charge on any atom is 0.363 e. The van der Waals surface area contributed by atoms with E-state index in [0.717, 1.165) is 20.7 Å². The van der Waals surface area contributed by atoms with Crippen LogP contribution in [0.15, 0.2) is 121 Å². The molecule has 4 aromatic carbocycles. The maximum atomic E-state index is 16.5. The predicted molar refractivity (Wildman–Crippen MR) is 186 cm³/mol. The molecule has 0 bridgehead atoms. The molecule has 45 heavy (non-hydrogen) atoms. The van der Waals surface area contributed by atoms with Crippen molar-refractivity contribution < 1.29 is 22.8 Å². The molecule has 4 nitrogen and oxygen atoms in total. The Morgan fingerprint density at radius 3 is 1.33 bits per heavy atom. The minimum absolute atomic E-state index is 0.0831. The van der Waals surface area contributed by atoms with Crippen LogP contribution in [0, 0.1) is 0 Å². The van der Waals surface area contributed by atoms with Crippen LogP contribution in [0.25, 0.3) is 0 Å². The van der Waals surface area contributed by atoms with Crippen LogP contribution in [0.5, 0.6) is 0 Å². The molecule has 0 radical (unpaired) electrons. The van der Waals surface area contributed by atoms with E-state index in [2.05, 4.69) is 65.8 Å². The summed E-state index contributed by atoms with van der Waals surface area (Å²) in [4.78, 5) is 13.1. The van der Waals surface area contributed by atoms with Crippen molar-refractivity contribution in [1.29, 1.82) is 0 Å². The highest BCUT2D eigenvalue weighted by atomic mass is 35.5. The van der Waals surface area contributed by atoms with Gasteiger partial charge in [0.05, 0.1) is 6.61 Å². The Labute approximate surface area is 273 Å². The van der Waals surface area contributed by atoms with Gasteiger partial charge in [-0.1, -0.05) is 174 Å². The van der Waals surface area contributed by atoms with Crippen molar-refractivity contribution in [2.24, 2.45) is 0 Å². The quantitative estimate of drug-likeness (QED) is 0.119. The van der Waals surface area contributed by atoms with Gasteiger partial charge in [-0.05, 0) is 30.8 Å². The van der Waals surface area contributed by atoms with Crippen LogP contribution in [0.4, 0.5) is 4.39 Å². The van der Waals surface area contributed by atoms with Gasteiger partial charge in [-0.25, -0.2) is 9.18 Å². The average Bonchev–Trinajstić information content (AvgIpc) is 3.23. The molecule has 1 unspecified atom stereocenters. The summed E-state index contributed by atoms with van der Waals surface area (Å²) in [5.41, 5.74) is 0. The van der Waals surface area contributed by atoms with Crippen LogP contribution in [-0.4, -0.2) is 46.5 Å². The second-order valence-corrected chi connectivity index (χ2v) is 22.9. The summed E-state index contributed by atoms with van der Waals surface area (Å²) in [6.07, 6.45) is -2.50. The second kappa shape index (κ2) is 12.6. The summed E-state index contributed by atoms with van der Waals surface area (Å²) >= 11 is 6.50. The molecule has 0 amide bonds. The number of halogens is 2. The molecule has 1 saturated heterocycles. The van der Waals surface area contributed by atoms with Gasteiger partial charge in [-0.3, -0.25) is 0 Å². The smallest absolute Gasteiger partial charge is 0.363 e. The first-order valence-corrected chi connectivity index (χ1v) is 19.6. The number of hydrogen-bond donors (Lipinski definition) is 0. The fourth-order valence-corrected chi connectivity index (χ4v) is 16.3. The van der Waals surface area contributed by atoms with Crippen molar-refractivity contribution >= 4 is 55.0 Å². The van der Waals surface area contributed by atoms with E-state index in [1.807, 2.05) is 97.1 Å². The summed E-state index contributed by atoms with van der Waals surface area (Å²) in [5, 5.41) is 0.319. The first kappa shape index (κ1) is 33.3. The number of esters is 1. The van der Waals surface area contributed by atoms with Crippen molar-refractivity contribution in [3.63, 3.8) is 0 Å². The molecule has 0 spiro atoms. The number of carbonyl (C=O) groups excluding carboxylic acids is 1. The third-order valence-corrected chi connectivity index (χ3v) is 19.2. The van der Waals surface area contributed by atoms with Crippen LogP contribution >= 0.6 is 11.6 Å². The van der Waals surface area contributed by atoms with Gasteiger partial charge in [-0.15, -0.1) is 0 Å². The van der Waals surface area contributed by atoms with E-state index in [9.17, 15) is 4.79 Å². The summed E-state index contributed by atoms with van der Waals surface area (Å²) in [6.45, 7) is 12.7. The second-order valence-electron chi connectivity index (χ2n) is 13.7. The Bertz CT molecular complexity index is 1490. The van der Waals surface area contributed by atoms with Gasteiger partial charge < -0.3 is 13.6 Å². The van der Waals surface area contributed by atoms with Crippen LogP contribution in [-0.2, 0) is 18.4 Å². The Kier molecular flexibility index (Phi) is 9.33. The van der Waals surface area contributed by atoms with Crippen LogP contribution in [0.1, 0.15) is 41.5 Å². The SMILES string of the molecule is CC(C)(C)[Si](OC[C@H]1OC(=O)[C@](F)(Cl)C1O[Si](c1ccccc1)(c1ccccc1)C(C)(C)C)(c1ccccc1)c1ccccc1. The van der Waals surface area contributed by atoms with Crippen LogP contribution in [0.3, 0.4) is 0 Å². The molecule has 0 aromatic heterocycles. The first-order valence-electron chi connectivity index (χ1n) is 15.4. The molecule has 5 rings (SSSR count). The molecule has 4 aromatic rings. The third-order valence-electron chi connectivity index (χ3n) is 8.83. The summed E-state index contributed by atoms with van der Waals surface area (Å²) < 4.78 is 36.5. The Morgan fingerprint density at radius 2 is 1.00 bits per heavy atom. The molecule has 3 atom stereocenters. The Balaban J connectivity index is 1.63. The lowest BCUT2D eigenvalue weighted by atomic mass is 10.2. The summed E-state index contributed by atoms with van der Waals surface area (Å²) in [6, 6.07) is 40.1. The first-order chi connectivity index (χ1) is 21.2. The topological polar surface area (TPSA) is 44.8 Å². The van der Waals surface area contributed by atoms with Crippen molar-refractivity contribution in [3.8, 4) is 0 Å². The number of ether oxygens (including phenoxy) is 1. The standard InChI is InChI=1S/C37H42ClFO4Si2/c1-35(2,3)44(28-19-11-7-12-20-28,29-21-13-8-14-22-29)41-27-32-33(37(38,39)34(40)42-32)43-45(36(4,5)6,30-23-15-9-16-24-30)31-25-17-10-18-26-31/h7-26,32-33H,27H2,1-6H3/t32-,33?,37+/m1/s1. The molecule has 0 aliphatic carbocycles. The lowest BCUT2D eigenvalue weighted by molar-refractivity contribution is -0.147. The molecule has 1 aliphatic heterocycles. The van der Waals surface area contributed by atoms with E-state index in [1.54, 1.807) is 0 Å². The van der Waals surface area contributed by atoms with Crippen LogP contribution in [0.2, 0.25) is 10.1 Å². The van der Waals surface area contributed by atoms with E-state index in [4.69, 9.17) is 25.2 Å². The number of carbonyl (C=O) groups is 1. The fraction of sp³-hybridized carbons (Fsp3) is 0.324. The molecule has 0 N–H and O–H groups in total. The average molecular weight is 661 g/mol. The van der Waals surface area contributed by atoms with Gasteiger partial charge in [0, 0.05) is 0 Å². The fourth-order valence-electron chi connectivity index (χ4n) is 6.75. The minimum Gasteiger partial charge on any atom is -0.454 e. The molecule has 8 heteroatoms. The maximum absolute atomic E-state index is 16.5. The molecular weight excluding hydrogens is 619 g/mol. The zero-order valence-electron chi connectivity index (χ0n) is 26.8. The molecular formula is C37H42ClFO4Si2. The highest BCUT2D eigenvalue weighted by Crippen LogP contribution is 2.45. The lowest BCUT2D eigenvalue weighted by Gasteiger charge is -2.46. The zero-order valence-corrected chi connectivity index (χ0v) is 29.6. The van der Waals surface area contributed by atoms with Crippen molar-refractivity contribution in [2.45, 2.75) is 69.0 Å². The Hall–Kier alpha value is -3.08. The van der Waals surface area contributed by atoms with Gasteiger partial charge >= 0.3 is 11.1 Å². The van der Waals surface area contributed by atoms with Crippen LogP contribution < -0.4 is 20.7 Å². The van der Waals surface area contributed by atoms with Gasteiger partial charge in [-0.2, -0.15) is 0 Å². The minimum atomic E-state index is -3.31. The monoisotopic (exact) mass is 660 g/mol. The van der Waals surface area contributed by atoms with Gasteiger partial charge in [0.25, 0.3) is 16.6 Å². The molecule has 1 heterocycles. The normalized spacial score (nSPS) is 21.0. The highest BCUT2D eigenvalue weighted by molar-refractivity contribution is 7.00. The van der Waals surface area contributed by atoms with Crippen molar-refractivity contribution in [2.75, 3.05) is 6.61 Å². The molecule has 1 fully saturated rings. The van der Waals surface area contributed by atoms with Gasteiger partial charge in [0.15, 0.2) is 6.10 Å². The van der Waals surface area contributed by atoms with Crippen molar-refractivity contribution in [3.05, 3.63) is 121 Å². The summed E-state index contributed by atoms with van der Waals surface area (Å²) in [7, 11) is -6.35. The number of rotatable bonds is 9. The summed E-state index contributed by atoms with van der Waals surface area (Å²) in [5.74, 6) is -1.15. The molecule has 1 aliphatic rings. The zero-order chi connectivity index (χ0) is 32.5. The number of benzene rings is 4. The Morgan fingerprint density at radius 1 is 0.667 bits per heavy atom. The van der Waals surface area contributed by atoms with E-state index in [1.165, 1.54) is 0 Å². The molecule has 0 saturated carbocycles. The lowest BCUT2D eigenvalue weighted by Crippen LogP contribution is -2.70. The number of alkyl halides is 2. The highest BCUT2D eigenvalue weighted by Gasteiger charge is 2.64. The van der Waals surface area contributed by atoms with E-state index >= 15 is 4.39 Å². The predicted octanol–water partition coefficient (Wildman–Crippen LogP) is 6.34. The number of cyclic esters (lactones) is 1. The van der Waals surface area contributed by atoms with E-state index in [0.29, 0.717) is 0 Å². The van der Waals surface area contributed by atoms with Gasteiger partial charge in [0.2, 0.25) is 0 Å². The molecule has 236 valence electrons. The van der Waals surface area contributed by atoms with Crippen molar-refractivity contribution in [1.82, 2.24) is 0 Å². The largest absolute Gasteiger partial charge is 0.454 e. The van der Waals surface area contributed by atoms with Gasteiger partial charge in [0.1, 0.15) is 6.10 Å². The van der Waals surface area contributed by atoms with E-state index < -0.39 is 45.0 Å². The number of hydrogen-bond acceptors (Lipinski definition) is 4.